The van der Waals surface area contributed by atoms with Gasteiger partial charge in [-0.2, -0.15) is 10.4 Å². The number of hydrogen-bond acceptors (Lipinski definition) is 5. The molecule has 1 atom stereocenters. The highest BCUT2D eigenvalue weighted by Crippen LogP contribution is 2.37. The van der Waals surface area contributed by atoms with Gasteiger partial charge < -0.3 is 0 Å². The van der Waals surface area contributed by atoms with Crippen molar-refractivity contribution in [2.24, 2.45) is 0 Å². The van der Waals surface area contributed by atoms with E-state index in [1.807, 2.05) is 102 Å². The number of ketones is 1. The van der Waals surface area contributed by atoms with E-state index in [-0.39, 0.29) is 5.78 Å². The highest BCUT2D eigenvalue weighted by molar-refractivity contribution is 7.20. The Kier molecular flexibility index (Phi) is 5.17. The fourth-order valence-corrected chi connectivity index (χ4v) is 5.33. The van der Waals surface area contributed by atoms with Gasteiger partial charge in [0.25, 0.3) is 0 Å². The lowest BCUT2D eigenvalue weighted by atomic mass is 9.98. The molecular formula is C29H18N4OS. The minimum absolute atomic E-state index is 0.255. The Morgan fingerprint density at radius 1 is 0.886 bits per heavy atom. The van der Waals surface area contributed by atoms with Crippen LogP contribution >= 0.6 is 11.3 Å². The molecule has 0 saturated carbocycles. The van der Waals surface area contributed by atoms with E-state index in [9.17, 15) is 10.1 Å². The maximum absolute atomic E-state index is 13.6. The number of benzene rings is 3. The number of carbonyl (C=O) groups is 1. The number of fused-ring (bicyclic) bond motifs is 2. The zero-order valence-corrected chi connectivity index (χ0v) is 19.3. The summed E-state index contributed by atoms with van der Waals surface area (Å²) in [4.78, 5) is 19.6. The van der Waals surface area contributed by atoms with Crippen LogP contribution in [0, 0.1) is 11.3 Å². The Bertz CT molecular complexity index is 1660. The van der Waals surface area contributed by atoms with Gasteiger partial charge in [-0.25, -0.2) is 4.68 Å². The molecule has 35 heavy (non-hydrogen) atoms. The number of rotatable bonds is 5. The van der Waals surface area contributed by atoms with Gasteiger partial charge >= 0.3 is 0 Å². The summed E-state index contributed by atoms with van der Waals surface area (Å²) in [5.41, 5.74) is 3.91. The molecule has 0 unspecified atom stereocenters. The predicted octanol–water partition coefficient (Wildman–Crippen LogP) is 6.79. The Labute approximate surface area is 205 Å². The highest BCUT2D eigenvalue weighted by atomic mass is 32.1. The summed E-state index contributed by atoms with van der Waals surface area (Å²) in [6.45, 7) is 0. The summed E-state index contributed by atoms with van der Waals surface area (Å²) in [7, 11) is 0. The summed E-state index contributed by atoms with van der Waals surface area (Å²) < 4.78 is 1.87. The van der Waals surface area contributed by atoms with Crippen LogP contribution in [0.4, 0.5) is 0 Å². The minimum Gasteiger partial charge on any atom is -0.291 e. The second kappa shape index (κ2) is 8.64. The van der Waals surface area contributed by atoms with Crippen LogP contribution in [0.2, 0.25) is 0 Å². The van der Waals surface area contributed by atoms with Crippen molar-refractivity contribution >= 4 is 38.2 Å². The highest BCUT2D eigenvalue weighted by Gasteiger charge is 2.27. The molecule has 5 nitrogen and oxygen atoms in total. The largest absolute Gasteiger partial charge is 0.291 e. The van der Waals surface area contributed by atoms with Gasteiger partial charge in [-0.3, -0.25) is 9.78 Å². The number of para-hydroxylation sites is 2. The van der Waals surface area contributed by atoms with Crippen LogP contribution in [0.15, 0.2) is 103 Å². The van der Waals surface area contributed by atoms with E-state index in [0.29, 0.717) is 10.6 Å². The number of carbonyl (C=O) groups excluding carboxylic acids is 1. The molecule has 0 aliphatic rings. The topological polar surface area (TPSA) is 71.6 Å². The quantitative estimate of drug-likeness (QED) is 0.260. The maximum atomic E-state index is 13.6. The van der Waals surface area contributed by atoms with Crippen molar-refractivity contribution in [2.45, 2.75) is 5.92 Å². The van der Waals surface area contributed by atoms with Crippen LogP contribution in [0.25, 0.3) is 38.1 Å². The first-order valence-electron chi connectivity index (χ1n) is 11.2. The number of thiophene rings is 1. The number of hydrogen-bond donors (Lipinski definition) is 0. The van der Waals surface area contributed by atoms with Crippen LogP contribution in [-0.4, -0.2) is 20.5 Å². The maximum Gasteiger partial charge on any atom is 0.196 e. The fraction of sp³-hybridized carbons (Fsp3) is 0.0345. The summed E-state index contributed by atoms with van der Waals surface area (Å²) in [6.07, 6.45) is 0. The van der Waals surface area contributed by atoms with Crippen LogP contribution in [0.1, 0.15) is 21.3 Å². The third-order valence-corrected chi connectivity index (χ3v) is 7.08. The average molecular weight is 471 g/mol. The third kappa shape index (κ3) is 3.68. The molecule has 6 aromatic rings. The molecule has 0 N–H and O–H groups in total. The Hall–Kier alpha value is -4.60. The molecule has 0 radical (unpaired) electrons. The van der Waals surface area contributed by atoms with Crippen molar-refractivity contribution in [2.75, 3.05) is 0 Å². The number of aromatic nitrogens is 3. The van der Waals surface area contributed by atoms with E-state index in [1.165, 1.54) is 11.3 Å². The molecule has 0 aliphatic heterocycles. The van der Waals surface area contributed by atoms with Crippen molar-refractivity contribution in [1.29, 1.82) is 5.26 Å². The van der Waals surface area contributed by atoms with Gasteiger partial charge in [0.05, 0.1) is 27.8 Å². The molecule has 3 heterocycles. The number of Topliss-reactive ketones (excluding diaryl/α,β-unsaturated/α-hetero) is 1. The van der Waals surface area contributed by atoms with Gasteiger partial charge in [0, 0.05) is 16.3 Å². The second-order valence-corrected chi connectivity index (χ2v) is 9.18. The number of pyridine rings is 1. The van der Waals surface area contributed by atoms with Crippen molar-refractivity contribution in [1.82, 2.24) is 14.8 Å². The van der Waals surface area contributed by atoms with Crippen molar-refractivity contribution in [3.8, 4) is 23.0 Å². The van der Waals surface area contributed by atoms with Crippen molar-refractivity contribution in [3.63, 3.8) is 0 Å². The molecule has 0 bridgehead atoms. The normalized spacial score (nSPS) is 12.0. The van der Waals surface area contributed by atoms with Gasteiger partial charge in [-0.15, -0.1) is 11.3 Å². The molecule has 0 spiro atoms. The Morgan fingerprint density at radius 2 is 1.60 bits per heavy atom. The van der Waals surface area contributed by atoms with E-state index < -0.39 is 5.92 Å². The molecular weight excluding hydrogens is 452 g/mol. The van der Waals surface area contributed by atoms with Crippen LogP contribution < -0.4 is 0 Å². The van der Waals surface area contributed by atoms with E-state index in [4.69, 9.17) is 5.10 Å². The summed E-state index contributed by atoms with van der Waals surface area (Å²) in [5, 5.41) is 16.7. The average Bonchev–Trinajstić information content (AvgIpc) is 3.50. The van der Waals surface area contributed by atoms with Crippen LogP contribution in [-0.2, 0) is 0 Å². The molecule has 166 valence electrons. The lowest BCUT2D eigenvalue weighted by molar-refractivity contribution is 0.0981. The molecule has 3 aromatic carbocycles. The van der Waals surface area contributed by atoms with E-state index in [1.54, 1.807) is 6.07 Å². The monoisotopic (exact) mass is 470 g/mol. The van der Waals surface area contributed by atoms with E-state index in [2.05, 4.69) is 11.1 Å². The number of nitriles is 1. The molecule has 0 fully saturated rings. The second-order valence-electron chi connectivity index (χ2n) is 8.15. The minimum atomic E-state index is -0.985. The zero-order valence-electron chi connectivity index (χ0n) is 18.5. The SMILES string of the molecule is N#C[C@H](C(=O)c1cc2c(-c3ccccc3)nn(-c3ccccc3)c2s1)c1ccc2ccccc2n1. The molecule has 6 heteroatoms. The van der Waals surface area contributed by atoms with Gasteiger partial charge in [0.1, 0.15) is 10.5 Å². The van der Waals surface area contributed by atoms with Crippen molar-refractivity contribution < 1.29 is 4.79 Å². The lowest BCUT2D eigenvalue weighted by Crippen LogP contribution is -2.11. The van der Waals surface area contributed by atoms with Gasteiger partial charge in [-0.05, 0) is 30.3 Å². The first-order valence-corrected chi connectivity index (χ1v) is 12.0. The molecule has 3 aromatic heterocycles. The third-order valence-electron chi connectivity index (χ3n) is 5.96. The predicted molar refractivity (Wildman–Crippen MR) is 139 cm³/mol. The van der Waals surface area contributed by atoms with Gasteiger partial charge in [0.2, 0.25) is 0 Å². The summed E-state index contributed by atoms with van der Waals surface area (Å²) in [6, 6.07) is 35.2. The molecule has 0 amide bonds. The van der Waals surface area contributed by atoms with Crippen LogP contribution in [0.5, 0.6) is 0 Å². The molecule has 6 rings (SSSR count). The van der Waals surface area contributed by atoms with E-state index in [0.717, 1.165) is 38.1 Å². The summed E-state index contributed by atoms with van der Waals surface area (Å²) in [5.74, 6) is -1.24. The van der Waals surface area contributed by atoms with E-state index >= 15 is 0 Å². The fourth-order valence-electron chi connectivity index (χ4n) is 4.23. The molecule has 0 aliphatic carbocycles. The molecule has 0 saturated heterocycles. The van der Waals surface area contributed by atoms with Gasteiger partial charge in [0.15, 0.2) is 11.7 Å². The van der Waals surface area contributed by atoms with Gasteiger partial charge in [-0.1, -0.05) is 72.8 Å². The number of nitrogens with zero attached hydrogens (tertiary/aromatic N) is 4. The zero-order chi connectivity index (χ0) is 23.8. The first-order chi connectivity index (χ1) is 17.2. The van der Waals surface area contributed by atoms with Crippen molar-refractivity contribution in [3.05, 3.63) is 114 Å². The lowest BCUT2D eigenvalue weighted by Gasteiger charge is -2.08. The summed E-state index contributed by atoms with van der Waals surface area (Å²) >= 11 is 1.36. The smallest absolute Gasteiger partial charge is 0.196 e. The van der Waals surface area contributed by atoms with Crippen LogP contribution in [0.3, 0.4) is 0 Å². The standard InChI is InChI=1S/C29H18N4OS/c30-18-23(25-16-15-19-9-7-8-14-24(19)31-25)28(34)26-17-22-27(20-10-3-1-4-11-20)32-33(29(22)35-26)21-12-5-2-6-13-21/h1-17,23H/t23-/m0/s1. The Balaban J connectivity index is 1.48. The Morgan fingerprint density at radius 3 is 2.37 bits per heavy atom. The first kappa shape index (κ1) is 21.0.